The van der Waals surface area contributed by atoms with Crippen LogP contribution in [0.2, 0.25) is 0 Å². The fourth-order valence-corrected chi connectivity index (χ4v) is 3.33. The second kappa shape index (κ2) is 11.8. The van der Waals surface area contributed by atoms with E-state index in [4.69, 9.17) is 9.47 Å². The molecule has 7 nitrogen and oxygen atoms in total. The van der Waals surface area contributed by atoms with Crippen LogP contribution in [-0.2, 0) is 20.9 Å². The van der Waals surface area contributed by atoms with Gasteiger partial charge in [0.2, 0.25) is 5.91 Å². The summed E-state index contributed by atoms with van der Waals surface area (Å²) in [6.45, 7) is 8.74. The number of carbonyl (C=O) groups excluding carboxylic acids is 2. The molecule has 0 spiro atoms. The number of likely N-dealkylation sites (N-methyl/N-ethyl adjacent to an activating group) is 1. The highest BCUT2D eigenvalue weighted by atomic mass is 32.1. The van der Waals surface area contributed by atoms with Gasteiger partial charge in [-0.2, -0.15) is 0 Å². The zero-order valence-electron chi connectivity index (χ0n) is 19.8. The zero-order chi connectivity index (χ0) is 23.7. The molecule has 0 N–H and O–H groups in total. The third-order valence-corrected chi connectivity index (χ3v) is 5.02. The third-order valence-electron chi connectivity index (χ3n) is 4.20. The van der Waals surface area contributed by atoms with Crippen molar-refractivity contribution < 1.29 is 19.1 Å². The van der Waals surface area contributed by atoms with Crippen LogP contribution in [0.1, 0.15) is 37.0 Å². The van der Waals surface area contributed by atoms with E-state index < -0.39 is 11.6 Å². The summed E-state index contributed by atoms with van der Waals surface area (Å²) in [4.78, 5) is 32.9. The van der Waals surface area contributed by atoms with Crippen LogP contribution >= 0.6 is 11.3 Å². The standard InChI is InChI=1S/C24H33N3O4S/c1-18-25-20(17-32-18)16-30-21-9-7-8-19(14-21)10-11-22(28)27(13-12-26(5)6)15-23(29)31-24(2,3)4/h7-11,14,17H,12-13,15-16H2,1-6H3/b11-10+. The minimum atomic E-state index is -0.596. The maximum atomic E-state index is 12.8. The topological polar surface area (TPSA) is 72.0 Å². The molecule has 0 fully saturated rings. The van der Waals surface area contributed by atoms with Gasteiger partial charge in [0, 0.05) is 24.5 Å². The van der Waals surface area contributed by atoms with E-state index in [-0.39, 0.29) is 12.5 Å². The fourth-order valence-electron chi connectivity index (χ4n) is 2.73. The minimum absolute atomic E-state index is 0.0928. The monoisotopic (exact) mass is 459 g/mol. The summed E-state index contributed by atoms with van der Waals surface area (Å²) in [5.41, 5.74) is 1.12. The van der Waals surface area contributed by atoms with E-state index in [0.29, 0.717) is 25.4 Å². The minimum Gasteiger partial charge on any atom is -0.487 e. The van der Waals surface area contributed by atoms with E-state index in [1.807, 2.05) is 55.6 Å². The van der Waals surface area contributed by atoms with Crippen LogP contribution in [0.4, 0.5) is 0 Å². The van der Waals surface area contributed by atoms with Gasteiger partial charge in [-0.25, -0.2) is 4.98 Å². The molecular weight excluding hydrogens is 426 g/mol. The molecule has 1 heterocycles. The molecule has 0 aliphatic rings. The number of aryl methyl sites for hydroxylation is 1. The number of aromatic nitrogens is 1. The average Bonchev–Trinajstić information content (AvgIpc) is 3.11. The van der Waals surface area contributed by atoms with Crippen LogP contribution in [-0.4, -0.2) is 66.0 Å². The van der Waals surface area contributed by atoms with Crippen LogP contribution in [0.15, 0.2) is 35.7 Å². The van der Waals surface area contributed by atoms with Crippen molar-refractivity contribution in [1.82, 2.24) is 14.8 Å². The molecule has 1 aromatic heterocycles. The van der Waals surface area contributed by atoms with Gasteiger partial charge in [0.1, 0.15) is 24.5 Å². The Balaban J connectivity index is 2.02. The summed E-state index contributed by atoms with van der Waals surface area (Å²) >= 11 is 1.59. The van der Waals surface area contributed by atoms with Gasteiger partial charge in [0.25, 0.3) is 0 Å². The first-order chi connectivity index (χ1) is 15.0. The summed E-state index contributed by atoms with van der Waals surface area (Å²) in [5, 5.41) is 2.98. The predicted molar refractivity (Wildman–Crippen MR) is 128 cm³/mol. The zero-order valence-corrected chi connectivity index (χ0v) is 20.6. The van der Waals surface area contributed by atoms with Gasteiger partial charge in [-0.3, -0.25) is 9.59 Å². The molecule has 1 amide bonds. The average molecular weight is 460 g/mol. The first-order valence-electron chi connectivity index (χ1n) is 10.5. The van der Waals surface area contributed by atoms with Gasteiger partial charge in [0.15, 0.2) is 0 Å². The molecule has 0 aliphatic heterocycles. The Morgan fingerprint density at radius 2 is 1.94 bits per heavy atom. The Kier molecular flexibility index (Phi) is 9.41. The van der Waals surface area contributed by atoms with Crippen molar-refractivity contribution in [3.63, 3.8) is 0 Å². The number of hydrogen-bond donors (Lipinski definition) is 0. The molecule has 174 valence electrons. The number of nitrogens with zero attached hydrogens (tertiary/aromatic N) is 3. The molecule has 0 atom stereocenters. The Bertz CT molecular complexity index is 931. The first kappa shape index (κ1) is 25.5. The van der Waals surface area contributed by atoms with Gasteiger partial charge in [0.05, 0.1) is 10.7 Å². The van der Waals surface area contributed by atoms with Gasteiger partial charge < -0.3 is 19.3 Å². The highest BCUT2D eigenvalue weighted by molar-refractivity contribution is 7.09. The lowest BCUT2D eigenvalue weighted by atomic mass is 10.2. The van der Waals surface area contributed by atoms with Gasteiger partial charge in [-0.1, -0.05) is 12.1 Å². The van der Waals surface area contributed by atoms with Crippen LogP contribution in [0.3, 0.4) is 0 Å². The SMILES string of the molecule is Cc1nc(COc2cccc(/C=C/C(=O)N(CCN(C)C)CC(=O)OC(C)(C)C)c2)cs1. The highest BCUT2D eigenvalue weighted by Gasteiger charge is 2.21. The van der Waals surface area contributed by atoms with E-state index >= 15 is 0 Å². The fraction of sp³-hybridized carbons (Fsp3) is 0.458. The normalized spacial score (nSPS) is 11.7. The molecule has 0 aliphatic carbocycles. The maximum Gasteiger partial charge on any atom is 0.326 e. The molecule has 0 radical (unpaired) electrons. The highest BCUT2D eigenvalue weighted by Crippen LogP contribution is 2.17. The smallest absolute Gasteiger partial charge is 0.326 e. The Hall–Kier alpha value is -2.71. The number of hydrogen-bond acceptors (Lipinski definition) is 7. The number of amides is 1. The number of esters is 1. The van der Waals surface area contributed by atoms with Crippen molar-refractivity contribution in [2.45, 2.75) is 39.9 Å². The number of benzene rings is 1. The molecule has 0 bridgehead atoms. The maximum absolute atomic E-state index is 12.8. The lowest BCUT2D eigenvalue weighted by Gasteiger charge is -2.25. The summed E-state index contributed by atoms with van der Waals surface area (Å²) < 4.78 is 11.2. The lowest BCUT2D eigenvalue weighted by molar-refractivity contribution is -0.158. The summed E-state index contributed by atoms with van der Waals surface area (Å²) in [6.07, 6.45) is 3.20. The van der Waals surface area contributed by atoms with E-state index in [9.17, 15) is 9.59 Å². The van der Waals surface area contributed by atoms with Crippen molar-refractivity contribution in [3.8, 4) is 5.75 Å². The van der Waals surface area contributed by atoms with Crippen LogP contribution < -0.4 is 4.74 Å². The third kappa shape index (κ3) is 9.62. The number of carbonyl (C=O) groups is 2. The number of rotatable bonds is 10. The quantitative estimate of drug-likeness (QED) is 0.398. The summed E-state index contributed by atoms with van der Waals surface area (Å²) in [7, 11) is 3.84. The van der Waals surface area contributed by atoms with Crippen molar-refractivity contribution >= 4 is 29.3 Å². The summed E-state index contributed by atoms with van der Waals surface area (Å²) in [6, 6.07) is 7.49. The molecule has 0 unspecified atom stereocenters. The Labute approximate surface area is 194 Å². The molecule has 0 saturated carbocycles. The van der Waals surface area contributed by atoms with Crippen molar-refractivity contribution in [1.29, 1.82) is 0 Å². The largest absolute Gasteiger partial charge is 0.487 e. The second-order valence-electron chi connectivity index (χ2n) is 8.70. The number of thiazole rings is 1. The molecule has 1 aromatic carbocycles. The van der Waals surface area contributed by atoms with Crippen molar-refractivity contribution in [2.24, 2.45) is 0 Å². The van der Waals surface area contributed by atoms with E-state index in [1.165, 1.54) is 11.0 Å². The lowest BCUT2D eigenvalue weighted by Crippen LogP contribution is -2.41. The van der Waals surface area contributed by atoms with Gasteiger partial charge in [-0.05, 0) is 65.6 Å². The van der Waals surface area contributed by atoms with Gasteiger partial charge >= 0.3 is 5.97 Å². The molecule has 0 saturated heterocycles. The van der Waals surface area contributed by atoms with Crippen LogP contribution in [0, 0.1) is 6.92 Å². The van der Waals surface area contributed by atoms with Crippen LogP contribution in [0.25, 0.3) is 6.08 Å². The van der Waals surface area contributed by atoms with E-state index in [2.05, 4.69) is 4.98 Å². The molecule has 32 heavy (non-hydrogen) atoms. The molecule has 2 rings (SSSR count). The van der Waals surface area contributed by atoms with Crippen LogP contribution in [0.5, 0.6) is 5.75 Å². The van der Waals surface area contributed by atoms with Crippen molar-refractivity contribution in [3.05, 3.63) is 52.0 Å². The predicted octanol–water partition coefficient (Wildman–Crippen LogP) is 3.78. The molecule has 8 heteroatoms. The second-order valence-corrected chi connectivity index (χ2v) is 9.76. The first-order valence-corrected chi connectivity index (χ1v) is 11.4. The Morgan fingerprint density at radius 1 is 1.19 bits per heavy atom. The van der Waals surface area contributed by atoms with Crippen molar-refractivity contribution in [2.75, 3.05) is 33.7 Å². The Morgan fingerprint density at radius 3 is 2.56 bits per heavy atom. The van der Waals surface area contributed by atoms with E-state index in [1.54, 1.807) is 38.2 Å². The summed E-state index contributed by atoms with van der Waals surface area (Å²) in [5.74, 6) is 0.0242. The van der Waals surface area contributed by atoms with E-state index in [0.717, 1.165) is 16.3 Å². The molecule has 2 aromatic rings. The molecular formula is C24H33N3O4S. The number of ether oxygens (including phenoxy) is 2. The van der Waals surface area contributed by atoms with Gasteiger partial charge in [-0.15, -0.1) is 11.3 Å².